The lowest BCUT2D eigenvalue weighted by Gasteiger charge is -2.07. The fourth-order valence-corrected chi connectivity index (χ4v) is 2.15. The Morgan fingerprint density at radius 2 is 1.76 bits per heavy atom. The first-order valence-electron chi connectivity index (χ1n) is 4.94. The largest absolute Gasteiger partial charge is 0.398 e. The summed E-state index contributed by atoms with van der Waals surface area (Å²) in [6.07, 6.45) is 0. The molecule has 0 spiro atoms. The number of hydrogen-bond acceptors (Lipinski definition) is 2. The van der Waals surface area contributed by atoms with Gasteiger partial charge in [-0.05, 0) is 59.0 Å². The van der Waals surface area contributed by atoms with Gasteiger partial charge in [0.1, 0.15) is 0 Å². The second kappa shape index (κ2) is 5.06. The molecular weight excluding hydrogens is 349 g/mol. The molecule has 0 saturated carbocycles. The van der Waals surface area contributed by atoms with Crippen molar-refractivity contribution in [3.63, 3.8) is 0 Å². The molecule has 0 fully saturated rings. The molecule has 2 rings (SSSR count). The number of nitrogens with two attached hydrogens (primary N) is 1. The van der Waals surface area contributed by atoms with E-state index in [1.807, 2.05) is 12.1 Å². The summed E-state index contributed by atoms with van der Waals surface area (Å²) in [6, 6.07) is 12.4. The van der Waals surface area contributed by atoms with Gasteiger partial charge in [0.2, 0.25) is 0 Å². The van der Waals surface area contributed by atoms with Crippen molar-refractivity contribution in [2.24, 2.45) is 0 Å². The highest BCUT2D eigenvalue weighted by atomic mass is 127. The molecule has 0 radical (unpaired) electrons. The van der Waals surface area contributed by atoms with Crippen LogP contribution in [-0.2, 0) is 0 Å². The van der Waals surface area contributed by atoms with Crippen molar-refractivity contribution >= 4 is 45.7 Å². The summed E-state index contributed by atoms with van der Waals surface area (Å²) >= 11 is 8.19. The molecule has 86 valence electrons. The number of carbonyl (C=O) groups excluding carboxylic acids is 1. The molecule has 2 N–H and O–H groups in total. The summed E-state index contributed by atoms with van der Waals surface area (Å²) in [5.41, 5.74) is 7.15. The molecule has 2 nitrogen and oxygen atoms in total. The van der Waals surface area contributed by atoms with Crippen LogP contribution in [0, 0.1) is 3.57 Å². The number of benzene rings is 2. The van der Waals surface area contributed by atoms with Gasteiger partial charge in [-0.2, -0.15) is 0 Å². The summed E-state index contributed by atoms with van der Waals surface area (Å²) < 4.78 is 1.08. The highest BCUT2D eigenvalue weighted by Crippen LogP contribution is 2.25. The summed E-state index contributed by atoms with van der Waals surface area (Å²) in [5.74, 6) is -0.149. The van der Waals surface area contributed by atoms with Crippen LogP contribution in [0.1, 0.15) is 15.9 Å². The third-order valence-electron chi connectivity index (χ3n) is 2.38. The Balaban J connectivity index is 2.47. The normalized spacial score (nSPS) is 10.2. The maximum Gasteiger partial charge on any atom is 0.196 e. The van der Waals surface area contributed by atoms with Crippen LogP contribution in [0.4, 0.5) is 5.69 Å². The van der Waals surface area contributed by atoms with Crippen LogP contribution in [0.2, 0.25) is 5.02 Å². The molecule has 0 aliphatic rings. The quantitative estimate of drug-likeness (QED) is 0.505. The maximum absolute atomic E-state index is 12.2. The highest BCUT2D eigenvalue weighted by molar-refractivity contribution is 14.1. The van der Waals surface area contributed by atoms with Crippen LogP contribution < -0.4 is 5.73 Å². The van der Waals surface area contributed by atoms with Crippen molar-refractivity contribution in [2.75, 3.05) is 5.73 Å². The van der Waals surface area contributed by atoms with Crippen molar-refractivity contribution in [1.82, 2.24) is 0 Å². The van der Waals surface area contributed by atoms with E-state index in [1.54, 1.807) is 30.3 Å². The predicted molar refractivity (Wildman–Crippen MR) is 78.5 cm³/mol. The van der Waals surface area contributed by atoms with Gasteiger partial charge in [0.15, 0.2) is 5.78 Å². The third-order valence-corrected chi connectivity index (χ3v) is 3.41. The van der Waals surface area contributed by atoms with Gasteiger partial charge in [0, 0.05) is 14.8 Å². The molecule has 0 heterocycles. The fraction of sp³-hybridized carbons (Fsp3) is 0. The third kappa shape index (κ3) is 2.61. The van der Waals surface area contributed by atoms with Crippen LogP contribution in [-0.4, -0.2) is 5.78 Å². The first-order chi connectivity index (χ1) is 8.09. The Morgan fingerprint density at radius 1 is 1.12 bits per heavy atom. The molecule has 0 atom stereocenters. The van der Waals surface area contributed by atoms with E-state index in [2.05, 4.69) is 22.6 Å². The second-order valence-corrected chi connectivity index (χ2v) is 5.19. The summed E-state index contributed by atoms with van der Waals surface area (Å²) in [5, 5.41) is 0.383. The number of nitrogen functional groups attached to an aromatic ring is 1. The maximum atomic E-state index is 12.2. The molecule has 0 amide bonds. The molecule has 0 saturated heterocycles. The van der Waals surface area contributed by atoms with Gasteiger partial charge >= 0.3 is 0 Å². The lowest BCUT2D eigenvalue weighted by molar-refractivity contribution is 0.103. The van der Waals surface area contributed by atoms with Gasteiger partial charge in [-0.1, -0.05) is 17.7 Å². The van der Waals surface area contributed by atoms with E-state index in [9.17, 15) is 4.79 Å². The van der Waals surface area contributed by atoms with Crippen LogP contribution in [0.25, 0.3) is 0 Å². The molecule has 2 aromatic rings. The number of ketones is 1. The molecule has 0 bridgehead atoms. The average molecular weight is 358 g/mol. The average Bonchev–Trinajstić information content (AvgIpc) is 2.29. The zero-order valence-electron chi connectivity index (χ0n) is 8.78. The van der Waals surface area contributed by atoms with Crippen molar-refractivity contribution < 1.29 is 4.79 Å². The molecule has 17 heavy (non-hydrogen) atoms. The smallest absolute Gasteiger partial charge is 0.196 e. The lowest BCUT2D eigenvalue weighted by Crippen LogP contribution is -2.06. The highest BCUT2D eigenvalue weighted by Gasteiger charge is 2.15. The van der Waals surface area contributed by atoms with Crippen LogP contribution >= 0.6 is 34.2 Å². The second-order valence-electron chi connectivity index (χ2n) is 3.54. The van der Waals surface area contributed by atoms with Crippen molar-refractivity contribution in [3.05, 3.63) is 62.2 Å². The standard InChI is InChI=1S/C13H9ClINO/c14-10-2-1-3-11(16)12(10)13(17)8-4-6-9(15)7-5-8/h1-7H,16H2. The van der Waals surface area contributed by atoms with E-state index in [1.165, 1.54) is 0 Å². The molecule has 0 aromatic heterocycles. The minimum Gasteiger partial charge on any atom is -0.398 e. The Kier molecular flexibility index (Phi) is 3.69. The summed E-state index contributed by atoms with van der Waals surface area (Å²) in [6.45, 7) is 0. The minimum absolute atomic E-state index is 0.149. The van der Waals surface area contributed by atoms with Gasteiger partial charge in [0.05, 0.1) is 10.6 Å². The summed E-state index contributed by atoms with van der Waals surface area (Å²) in [7, 11) is 0. The van der Waals surface area contributed by atoms with Gasteiger partial charge in [-0.25, -0.2) is 0 Å². The molecule has 4 heteroatoms. The lowest BCUT2D eigenvalue weighted by atomic mass is 10.0. The van der Waals surface area contributed by atoms with Crippen molar-refractivity contribution in [1.29, 1.82) is 0 Å². The van der Waals surface area contributed by atoms with Crippen molar-refractivity contribution in [2.45, 2.75) is 0 Å². The van der Waals surface area contributed by atoms with Gasteiger partial charge in [-0.15, -0.1) is 0 Å². The number of carbonyl (C=O) groups is 1. The number of rotatable bonds is 2. The topological polar surface area (TPSA) is 43.1 Å². The van der Waals surface area contributed by atoms with E-state index >= 15 is 0 Å². The Morgan fingerprint density at radius 3 is 2.35 bits per heavy atom. The molecular formula is C13H9ClINO. The Bertz CT molecular complexity index is 546. The van der Waals surface area contributed by atoms with E-state index < -0.39 is 0 Å². The van der Waals surface area contributed by atoms with E-state index in [0.717, 1.165) is 3.57 Å². The van der Waals surface area contributed by atoms with Gasteiger partial charge in [-0.3, -0.25) is 4.79 Å². The Hall–Kier alpha value is -1.07. The predicted octanol–water partition coefficient (Wildman–Crippen LogP) is 3.76. The zero-order valence-corrected chi connectivity index (χ0v) is 11.7. The molecule has 0 unspecified atom stereocenters. The first-order valence-corrected chi connectivity index (χ1v) is 6.39. The Labute approximate surface area is 118 Å². The van der Waals surface area contributed by atoms with E-state index in [0.29, 0.717) is 21.8 Å². The SMILES string of the molecule is Nc1cccc(Cl)c1C(=O)c1ccc(I)cc1. The summed E-state index contributed by atoms with van der Waals surface area (Å²) in [4.78, 5) is 12.2. The van der Waals surface area contributed by atoms with Crippen molar-refractivity contribution in [3.8, 4) is 0 Å². The molecule has 0 aliphatic heterocycles. The van der Waals surface area contributed by atoms with E-state index in [4.69, 9.17) is 17.3 Å². The number of anilines is 1. The first kappa shape index (κ1) is 12.4. The van der Waals surface area contributed by atoms with Crippen LogP contribution in [0.15, 0.2) is 42.5 Å². The van der Waals surface area contributed by atoms with Crippen LogP contribution in [0.5, 0.6) is 0 Å². The molecule has 2 aromatic carbocycles. The van der Waals surface area contributed by atoms with Gasteiger partial charge in [0.25, 0.3) is 0 Å². The molecule has 0 aliphatic carbocycles. The van der Waals surface area contributed by atoms with E-state index in [-0.39, 0.29) is 5.78 Å². The number of hydrogen-bond donors (Lipinski definition) is 1. The monoisotopic (exact) mass is 357 g/mol. The van der Waals surface area contributed by atoms with Gasteiger partial charge < -0.3 is 5.73 Å². The fourth-order valence-electron chi connectivity index (χ4n) is 1.53. The number of halogens is 2. The minimum atomic E-state index is -0.149. The van der Waals surface area contributed by atoms with Crippen LogP contribution in [0.3, 0.4) is 0 Å². The zero-order chi connectivity index (χ0) is 12.4.